The fourth-order valence-electron chi connectivity index (χ4n) is 3.56. The number of halogens is 1. The topological polar surface area (TPSA) is 61.9 Å². The van der Waals surface area contributed by atoms with Crippen LogP contribution in [0.2, 0.25) is 0 Å². The van der Waals surface area contributed by atoms with Gasteiger partial charge in [-0.05, 0) is 64.6 Å². The van der Waals surface area contributed by atoms with Crippen LogP contribution in [-0.4, -0.2) is 32.8 Å². The monoisotopic (exact) mass is 492 g/mol. The summed E-state index contributed by atoms with van der Waals surface area (Å²) in [5, 5.41) is 11.4. The number of ether oxygens (including phenoxy) is 1. The minimum Gasteiger partial charge on any atom is -0.379 e. The van der Waals surface area contributed by atoms with E-state index in [1.54, 1.807) is 16.0 Å². The lowest BCUT2D eigenvalue weighted by atomic mass is 10.1. The van der Waals surface area contributed by atoms with Crippen LogP contribution in [0.3, 0.4) is 0 Å². The molecule has 0 spiro atoms. The molecule has 1 fully saturated rings. The van der Waals surface area contributed by atoms with Crippen molar-refractivity contribution in [2.75, 3.05) is 13.2 Å². The van der Waals surface area contributed by atoms with Crippen molar-refractivity contribution in [2.45, 2.75) is 25.4 Å². The van der Waals surface area contributed by atoms with Crippen LogP contribution < -0.4 is 5.56 Å². The van der Waals surface area contributed by atoms with Crippen molar-refractivity contribution in [3.8, 4) is 11.4 Å². The van der Waals surface area contributed by atoms with E-state index in [9.17, 15) is 4.79 Å². The maximum absolute atomic E-state index is 13.0. The maximum atomic E-state index is 13.0. The van der Waals surface area contributed by atoms with Gasteiger partial charge in [-0.1, -0.05) is 12.1 Å². The highest BCUT2D eigenvalue weighted by Crippen LogP contribution is 2.31. The standard InChI is InChI=1S/C19H17IN4O2S/c20-13-5-3-12(4-6-13)10-23-15-7-9-27-18(15)16-17(21-23)19(25)24(22-16)14-2-1-8-26-11-14/h3-7,9,14H,1-2,8,10-11H2. The first-order valence-electron chi connectivity index (χ1n) is 8.89. The third kappa shape index (κ3) is 3.09. The molecule has 1 unspecified atom stereocenters. The summed E-state index contributed by atoms with van der Waals surface area (Å²) in [6.07, 6.45) is 1.87. The minimum atomic E-state index is -0.118. The van der Waals surface area contributed by atoms with Crippen LogP contribution in [0.4, 0.5) is 0 Å². The second kappa shape index (κ2) is 6.99. The summed E-state index contributed by atoms with van der Waals surface area (Å²) in [5.41, 5.74) is 3.19. The van der Waals surface area contributed by atoms with Gasteiger partial charge in [0.05, 0.1) is 29.4 Å². The van der Waals surface area contributed by atoms with Gasteiger partial charge in [-0.25, -0.2) is 4.68 Å². The molecule has 3 aliphatic rings. The molecule has 1 aromatic heterocycles. The van der Waals surface area contributed by atoms with Crippen molar-refractivity contribution in [3.63, 3.8) is 0 Å². The van der Waals surface area contributed by atoms with Crippen LogP contribution in [-0.2, 0) is 11.3 Å². The Kier molecular flexibility index (Phi) is 4.49. The molecule has 4 heterocycles. The molecule has 2 aromatic rings. The van der Waals surface area contributed by atoms with Crippen LogP contribution in [0.25, 0.3) is 21.6 Å². The van der Waals surface area contributed by atoms with Gasteiger partial charge in [-0.15, -0.1) is 11.3 Å². The summed E-state index contributed by atoms with van der Waals surface area (Å²) in [5.74, 6) is 0. The van der Waals surface area contributed by atoms with Gasteiger partial charge < -0.3 is 4.74 Å². The maximum Gasteiger partial charge on any atom is 0.297 e. The zero-order valence-electron chi connectivity index (χ0n) is 14.5. The molecule has 0 bridgehead atoms. The predicted molar refractivity (Wildman–Crippen MR) is 114 cm³/mol. The number of nitrogens with zero attached hydrogens (tertiary/aromatic N) is 4. The fourth-order valence-corrected chi connectivity index (χ4v) is 4.79. The largest absolute Gasteiger partial charge is 0.379 e. The zero-order valence-corrected chi connectivity index (χ0v) is 17.4. The smallest absolute Gasteiger partial charge is 0.297 e. The second-order valence-electron chi connectivity index (χ2n) is 6.74. The Hall–Kier alpha value is -1.78. The first-order chi connectivity index (χ1) is 13.2. The van der Waals surface area contributed by atoms with E-state index < -0.39 is 0 Å². The Labute approximate surface area is 173 Å². The van der Waals surface area contributed by atoms with Crippen molar-refractivity contribution in [1.82, 2.24) is 19.6 Å². The Balaban J connectivity index is 1.64. The van der Waals surface area contributed by atoms with E-state index in [2.05, 4.69) is 52.0 Å². The second-order valence-corrected chi connectivity index (χ2v) is 8.90. The molecule has 138 valence electrons. The van der Waals surface area contributed by atoms with Gasteiger partial charge in [0.25, 0.3) is 5.56 Å². The molecule has 8 heteroatoms. The third-order valence-electron chi connectivity index (χ3n) is 4.93. The van der Waals surface area contributed by atoms with E-state index in [0.29, 0.717) is 24.5 Å². The highest BCUT2D eigenvalue weighted by atomic mass is 127. The first kappa shape index (κ1) is 17.3. The fraction of sp³-hybridized carbons (Fsp3) is 0.316. The highest BCUT2D eigenvalue weighted by molar-refractivity contribution is 14.1. The van der Waals surface area contributed by atoms with Gasteiger partial charge in [0.1, 0.15) is 5.69 Å². The summed E-state index contributed by atoms with van der Waals surface area (Å²) in [6.45, 7) is 1.92. The summed E-state index contributed by atoms with van der Waals surface area (Å²) < 4.78 is 11.3. The number of benzene rings is 1. The molecule has 1 saturated heterocycles. The summed E-state index contributed by atoms with van der Waals surface area (Å²) in [4.78, 5) is 13.0. The lowest BCUT2D eigenvalue weighted by Gasteiger charge is -2.21. The highest BCUT2D eigenvalue weighted by Gasteiger charge is 2.27. The molecule has 1 atom stereocenters. The molecule has 0 aliphatic carbocycles. The number of aromatic nitrogens is 4. The molecular weight excluding hydrogens is 475 g/mol. The van der Waals surface area contributed by atoms with E-state index in [-0.39, 0.29) is 11.6 Å². The average Bonchev–Trinajstić information content (AvgIpc) is 3.30. The quantitative estimate of drug-likeness (QED) is 0.409. The minimum absolute atomic E-state index is 0.000103. The van der Waals surface area contributed by atoms with E-state index in [0.717, 1.165) is 35.2 Å². The van der Waals surface area contributed by atoms with Gasteiger partial charge in [0.15, 0.2) is 5.69 Å². The lowest BCUT2D eigenvalue weighted by molar-refractivity contribution is 0.0540. The summed E-state index contributed by atoms with van der Waals surface area (Å²) in [7, 11) is 0. The number of rotatable bonds is 3. The molecule has 6 nitrogen and oxygen atoms in total. The predicted octanol–water partition coefficient (Wildman–Crippen LogP) is 3.76. The Morgan fingerprint density at radius 2 is 2.04 bits per heavy atom. The number of thiophene rings is 1. The van der Waals surface area contributed by atoms with Gasteiger partial charge in [-0.3, -0.25) is 9.48 Å². The number of hydrogen-bond donors (Lipinski definition) is 0. The molecule has 0 N–H and O–H groups in total. The van der Waals surface area contributed by atoms with Crippen LogP contribution in [0.1, 0.15) is 24.4 Å². The molecule has 0 saturated carbocycles. The molecule has 5 rings (SSSR count). The van der Waals surface area contributed by atoms with Crippen LogP contribution in [0, 0.1) is 3.57 Å². The van der Waals surface area contributed by atoms with Crippen LogP contribution in [0.5, 0.6) is 0 Å². The normalized spacial score (nSPS) is 17.7. The van der Waals surface area contributed by atoms with E-state index >= 15 is 0 Å². The Morgan fingerprint density at radius 3 is 2.81 bits per heavy atom. The molecule has 27 heavy (non-hydrogen) atoms. The number of hydrogen-bond acceptors (Lipinski definition) is 5. The Bertz CT molecular complexity index is 1130. The lowest BCUT2D eigenvalue weighted by Crippen LogP contribution is -2.29. The van der Waals surface area contributed by atoms with Crippen molar-refractivity contribution >= 4 is 44.1 Å². The summed E-state index contributed by atoms with van der Waals surface area (Å²) in [6, 6.07) is 10.4. The van der Waals surface area contributed by atoms with Crippen molar-refractivity contribution in [3.05, 3.63) is 55.2 Å². The molecule has 3 aliphatic heterocycles. The zero-order chi connectivity index (χ0) is 18.4. The Morgan fingerprint density at radius 1 is 1.19 bits per heavy atom. The first-order valence-corrected chi connectivity index (χ1v) is 10.9. The van der Waals surface area contributed by atoms with E-state index in [4.69, 9.17) is 9.84 Å². The molecule has 0 radical (unpaired) electrons. The average molecular weight is 492 g/mol. The van der Waals surface area contributed by atoms with Gasteiger partial charge in [-0.2, -0.15) is 10.2 Å². The third-order valence-corrected chi connectivity index (χ3v) is 6.56. The van der Waals surface area contributed by atoms with E-state index in [1.165, 1.54) is 3.57 Å². The van der Waals surface area contributed by atoms with Crippen LogP contribution >= 0.6 is 33.9 Å². The van der Waals surface area contributed by atoms with Crippen molar-refractivity contribution < 1.29 is 4.74 Å². The van der Waals surface area contributed by atoms with E-state index in [1.807, 2.05) is 16.1 Å². The summed E-state index contributed by atoms with van der Waals surface area (Å²) >= 11 is 3.90. The SMILES string of the molecule is O=c1c2nn(Cc3ccc(I)cc3)c3ccsc3c-2nn1C1CCCOC1. The molecular formula is C19H17IN4O2S. The van der Waals surface area contributed by atoms with Gasteiger partial charge in [0, 0.05) is 10.2 Å². The van der Waals surface area contributed by atoms with Gasteiger partial charge in [0.2, 0.25) is 0 Å². The van der Waals surface area contributed by atoms with Gasteiger partial charge >= 0.3 is 0 Å². The number of fused-ring (bicyclic) bond motifs is 3. The van der Waals surface area contributed by atoms with Crippen molar-refractivity contribution in [2.24, 2.45) is 0 Å². The van der Waals surface area contributed by atoms with Crippen LogP contribution in [0.15, 0.2) is 40.5 Å². The van der Waals surface area contributed by atoms with Crippen molar-refractivity contribution in [1.29, 1.82) is 0 Å². The molecule has 0 amide bonds. The molecule has 1 aromatic carbocycles.